The largest absolute Gasteiger partial charge is 0.507 e. The highest BCUT2D eigenvalue weighted by molar-refractivity contribution is 5.73. The normalized spacial score (nSPS) is 25.4. The van der Waals surface area contributed by atoms with Gasteiger partial charge in [-0.2, -0.15) is 5.10 Å². The molecule has 8 heteroatoms. The Morgan fingerprint density at radius 1 is 1.16 bits per heavy atom. The minimum atomic E-state index is -0.924. The van der Waals surface area contributed by atoms with Crippen molar-refractivity contribution in [1.82, 2.24) is 25.1 Å². The van der Waals surface area contributed by atoms with Crippen LogP contribution in [0.1, 0.15) is 25.7 Å². The Kier molecular flexibility index (Phi) is 5.09. The fourth-order valence-corrected chi connectivity index (χ4v) is 4.86. The number of rotatable bonds is 4. The second-order valence-electron chi connectivity index (χ2n) is 8.65. The number of anilines is 1. The molecule has 0 saturated carbocycles. The number of nitrogens with one attached hydrogen (secondary N) is 1. The molecule has 2 aromatic heterocycles. The monoisotopic (exact) mass is 422 g/mol. The van der Waals surface area contributed by atoms with Crippen LogP contribution >= 0.6 is 0 Å². The van der Waals surface area contributed by atoms with Gasteiger partial charge in [0.2, 0.25) is 0 Å². The molecule has 2 fully saturated rings. The number of aromatic nitrogens is 4. The van der Waals surface area contributed by atoms with Crippen LogP contribution < -0.4 is 10.2 Å². The molecule has 0 radical (unpaired) electrons. The summed E-state index contributed by atoms with van der Waals surface area (Å²) in [6, 6.07) is 5.56. The molecule has 7 nitrogen and oxygen atoms in total. The van der Waals surface area contributed by atoms with Crippen LogP contribution in [-0.2, 0) is 7.05 Å². The SMILES string of the molecule is CN(c1cnc(-c2ccc(-c3cnn(C)c3)cc2O)cn1)[C@@H]1CC2CCCC(N2)[C@@H]1F. The van der Waals surface area contributed by atoms with Gasteiger partial charge in [-0.1, -0.05) is 12.5 Å². The van der Waals surface area contributed by atoms with Crippen molar-refractivity contribution in [1.29, 1.82) is 0 Å². The summed E-state index contributed by atoms with van der Waals surface area (Å²) in [4.78, 5) is 11.0. The number of phenols is 1. The Labute approximate surface area is 180 Å². The molecule has 1 aromatic carbocycles. The van der Waals surface area contributed by atoms with Crippen LogP contribution in [0.3, 0.4) is 0 Å². The van der Waals surface area contributed by atoms with Gasteiger partial charge in [-0.15, -0.1) is 0 Å². The number of nitrogens with zero attached hydrogens (tertiary/aromatic N) is 5. The van der Waals surface area contributed by atoms with Crippen LogP contribution in [0.2, 0.25) is 0 Å². The Hall–Kier alpha value is -3.00. The molecule has 2 saturated heterocycles. The molecule has 4 heterocycles. The highest BCUT2D eigenvalue weighted by atomic mass is 19.1. The molecule has 3 aromatic rings. The Morgan fingerprint density at radius 2 is 2.03 bits per heavy atom. The zero-order valence-corrected chi connectivity index (χ0v) is 17.7. The minimum Gasteiger partial charge on any atom is -0.507 e. The van der Waals surface area contributed by atoms with Crippen LogP contribution in [0.15, 0.2) is 43.0 Å². The molecular weight excluding hydrogens is 395 g/mol. The van der Waals surface area contributed by atoms with Crippen molar-refractivity contribution < 1.29 is 9.50 Å². The first kappa shape index (κ1) is 19.9. The highest BCUT2D eigenvalue weighted by Gasteiger charge is 2.41. The van der Waals surface area contributed by atoms with Gasteiger partial charge in [-0.3, -0.25) is 9.67 Å². The molecule has 31 heavy (non-hydrogen) atoms. The van der Waals surface area contributed by atoms with Crippen LogP contribution in [-0.4, -0.2) is 56.2 Å². The van der Waals surface area contributed by atoms with Gasteiger partial charge in [0.25, 0.3) is 0 Å². The van der Waals surface area contributed by atoms with E-state index in [0.29, 0.717) is 23.1 Å². The van der Waals surface area contributed by atoms with E-state index in [1.165, 1.54) is 0 Å². The van der Waals surface area contributed by atoms with Gasteiger partial charge in [0.15, 0.2) is 0 Å². The maximum absolute atomic E-state index is 15.0. The van der Waals surface area contributed by atoms with Gasteiger partial charge < -0.3 is 15.3 Å². The zero-order valence-electron chi connectivity index (χ0n) is 17.7. The van der Waals surface area contributed by atoms with Gasteiger partial charge >= 0.3 is 0 Å². The summed E-state index contributed by atoms with van der Waals surface area (Å²) in [7, 11) is 3.75. The zero-order chi connectivity index (χ0) is 21.5. The molecular formula is C23H27FN6O. The van der Waals surface area contributed by atoms with Gasteiger partial charge in [0.05, 0.1) is 30.3 Å². The van der Waals surface area contributed by atoms with Gasteiger partial charge in [0.1, 0.15) is 17.7 Å². The second kappa shape index (κ2) is 7.92. The number of phenolic OH excluding ortho intramolecular Hbond substituents is 1. The van der Waals surface area contributed by atoms with Crippen molar-refractivity contribution in [3.8, 4) is 28.1 Å². The number of benzene rings is 1. The molecule has 5 rings (SSSR count). The maximum atomic E-state index is 15.0. The first-order valence-corrected chi connectivity index (χ1v) is 10.8. The quantitative estimate of drug-likeness (QED) is 0.672. The Bertz CT molecular complexity index is 1070. The average Bonchev–Trinajstić information content (AvgIpc) is 3.22. The van der Waals surface area contributed by atoms with Gasteiger partial charge in [-0.05, 0) is 37.0 Å². The van der Waals surface area contributed by atoms with E-state index in [2.05, 4.69) is 20.4 Å². The van der Waals surface area contributed by atoms with E-state index in [4.69, 9.17) is 0 Å². The topological polar surface area (TPSA) is 79.1 Å². The van der Waals surface area contributed by atoms with Crippen molar-refractivity contribution in [3.63, 3.8) is 0 Å². The maximum Gasteiger partial charge on any atom is 0.147 e. The van der Waals surface area contributed by atoms with Crippen molar-refractivity contribution in [2.24, 2.45) is 7.05 Å². The number of halogens is 1. The summed E-state index contributed by atoms with van der Waals surface area (Å²) in [6.07, 6.45) is 9.89. The summed E-state index contributed by atoms with van der Waals surface area (Å²) < 4.78 is 16.8. The fourth-order valence-electron chi connectivity index (χ4n) is 4.86. The molecule has 0 amide bonds. The molecule has 0 spiro atoms. The van der Waals surface area contributed by atoms with Gasteiger partial charge in [0, 0.05) is 43.5 Å². The molecule has 4 atom stereocenters. The fraction of sp³-hybridized carbons (Fsp3) is 0.435. The number of fused-ring (bicyclic) bond motifs is 2. The Balaban J connectivity index is 1.35. The van der Waals surface area contributed by atoms with Crippen molar-refractivity contribution in [3.05, 3.63) is 43.0 Å². The second-order valence-corrected chi connectivity index (χ2v) is 8.65. The summed E-state index contributed by atoms with van der Waals surface area (Å²) in [5.41, 5.74) is 2.99. The van der Waals surface area contributed by atoms with Crippen LogP contribution in [0.25, 0.3) is 22.4 Å². The third kappa shape index (κ3) is 3.76. The number of hydrogen-bond donors (Lipinski definition) is 2. The molecule has 162 valence electrons. The van der Waals surface area contributed by atoms with Crippen LogP contribution in [0, 0.1) is 0 Å². The third-order valence-electron chi connectivity index (χ3n) is 6.60. The smallest absolute Gasteiger partial charge is 0.147 e. The summed E-state index contributed by atoms with van der Waals surface area (Å²) >= 11 is 0. The predicted molar refractivity (Wildman–Crippen MR) is 118 cm³/mol. The van der Waals surface area contributed by atoms with Gasteiger partial charge in [-0.25, -0.2) is 9.37 Å². The van der Waals surface area contributed by atoms with Crippen molar-refractivity contribution in [2.75, 3.05) is 11.9 Å². The molecule has 2 bridgehead atoms. The van der Waals surface area contributed by atoms with E-state index in [1.54, 1.807) is 29.3 Å². The van der Waals surface area contributed by atoms with Crippen molar-refractivity contribution in [2.45, 2.75) is 50.0 Å². The number of aromatic hydroxyl groups is 1. The molecule has 2 N–H and O–H groups in total. The van der Waals surface area contributed by atoms with E-state index in [1.807, 2.05) is 37.3 Å². The highest BCUT2D eigenvalue weighted by Crippen LogP contribution is 2.34. The lowest BCUT2D eigenvalue weighted by molar-refractivity contribution is 0.107. The standard InChI is InChI=1S/C23H27FN6O/c1-29-13-15(10-27-29)14-6-7-17(21(31)8-14)19-11-26-22(12-25-19)30(2)20-9-16-4-3-5-18(28-16)23(20)24/h6-8,10-13,16,18,20,23,28,31H,3-5,9H2,1-2H3/t16?,18?,20-,23+/m1/s1. The summed E-state index contributed by atoms with van der Waals surface area (Å²) in [5.74, 6) is 0.773. The number of hydrogen-bond acceptors (Lipinski definition) is 6. The summed E-state index contributed by atoms with van der Waals surface area (Å²) in [5, 5.41) is 18.2. The van der Waals surface area contributed by atoms with E-state index in [0.717, 1.165) is 36.8 Å². The number of alkyl halides is 1. The number of aryl methyl sites for hydroxylation is 1. The van der Waals surface area contributed by atoms with Crippen LogP contribution in [0.4, 0.5) is 10.2 Å². The molecule has 2 aliphatic rings. The van der Waals surface area contributed by atoms with E-state index in [9.17, 15) is 5.11 Å². The molecule has 0 aliphatic carbocycles. The first-order valence-electron chi connectivity index (χ1n) is 10.8. The van der Waals surface area contributed by atoms with Crippen molar-refractivity contribution >= 4 is 5.82 Å². The van der Waals surface area contributed by atoms with E-state index >= 15 is 4.39 Å². The summed E-state index contributed by atoms with van der Waals surface area (Å²) in [6.45, 7) is 0. The van der Waals surface area contributed by atoms with Crippen LogP contribution in [0.5, 0.6) is 5.75 Å². The third-order valence-corrected chi connectivity index (χ3v) is 6.60. The van der Waals surface area contributed by atoms with E-state index < -0.39 is 6.17 Å². The first-order chi connectivity index (χ1) is 15.0. The lowest BCUT2D eigenvalue weighted by Crippen LogP contribution is -2.61. The molecule has 2 unspecified atom stereocenters. The lowest BCUT2D eigenvalue weighted by atomic mass is 9.82. The predicted octanol–water partition coefficient (Wildman–Crippen LogP) is 3.31. The lowest BCUT2D eigenvalue weighted by Gasteiger charge is -2.46. The average molecular weight is 423 g/mol. The number of piperidine rings is 2. The Morgan fingerprint density at radius 3 is 2.74 bits per heavy atom. The molecule has 2 aliphatic heterocycles. The van der Waals surface area contributed by atoms with E-state index in [-0.39, 0.29) is 17.8 Å². The minimum absolute atomic E-state index is 0.0672.